The number of carbonyl (C=O) groups is 1. The van der Waals surface area contributed by atoms with Crippen LogP contribution < -0.4 is 10.6 Å². The SMILES string of the molecule is Cc1ccc(CNc2cc(C(=O)NCCCn3ccnc3)cc(S(=O)(=O)N3CCCC3)c2)s1. The van der Waals surface area contributed by atoms with Crippen LogP contribution in [0.4, 0.5) is 5.69 Å². The van der Waals surface area contributed by atoms with Crippen molar-refractivity contribution in [2.75, 3.05) is 25.0 Å². The minimum Gasteiger partial charge on any atom is -0.380 e. The monoisotopic (exact) mass is 487 g/mol. The Morgan fingerprint density at radius 3 is 2.70 bits per heavy atom. The Kier molecular flexibility index (Phi) is 7.46. The third-order valence-corrected chi connectivity index (χ3v) is 8.45. The maximum absolute atomic E-state index is 13.2. The molecule has 1 aliphatic rings. The van der Waals surface area contributed by atoms with Gasteiger partial charge in [0, 0.05) is 66.1 Å². The Hall–Kier alpha value is -2.69. The van der Waals surface area contributed by atoms with Gasteiger partial charge in [0.1, 0.15) is 0 Å². The van der Waals surface area contributed by atoms with E-state index in [9.17, 15) is 13.2 Å². The van der Waals surface area contributed by atoms with Crippen LogP contribution in [0.1, 0.15) is 39.4 Å². The number of rotatable bonds is 10. The summed E-state index contributed by atoms with van der Waals surface area (Å²) in [7, 11) is -3.65. The molecule has 2 aromatic heterocycles. The molecule has 10 heteroatoms. The molecule has 176 valence electrons. The van der Waals surface area contributed by atoms with E-state index in [0.717, 1.165) is 30.7 Å². The summed E-state index contributed by atoms with van der Waals surface area (Å²) in [5.41, 5.74) is 0.952. The van der Waals surface area contributed by atoms with E-state index in [0.29, 0.717) is 37.4 Å². The number of benzene rings is 1. The summed E-state index contributed by atoms with van der Waals surface area (Å²) >= 11 is 1.69. The number of aromatic nitrogens is 2. The van der Waals surface area contributed by atoms with Gasteiger partial charge in [-0.25, -0.2) is 13.4 Å². The molecule has 0 radical (unpaired) electrons. The summed E-state index contributed by atoms with van der Waals surface area (Å²) in [6.45, 7) is 4.88. The Labute approximate surface area is 198 Å². The smallest absolute Gasteiger partial charge is 0.251 e. The van der Waals surface area contributed by atoms with Crippen LogP contribution in [-0.2, 0) is 23.1 Å². The summed E-state index contributed by atoms with van der Waals surface area (Å²) in [6, 6.07) is 8.93. The van der Waals surface area contributed by atoms with Gasteiger partial charge < -0.3 is 15.2 Å². The average Bonchev–Trinajstić information content (AvgIpc) is 3.58. The number of amides is 1. The quantitative estimate of drug-likeness (QED) is 0.427. The van der Waals surface area contributed by atoms with E-state index in [-0.39, 0.29) is 10.8 Å². The van der Waals surface area contributed by atoms with E-state index in [1.165, 1.54) is 15.2 Å². The summed E-state index contributed by atoms with van der Waals surface area (Å²) in [4.78, 5) is 19.4. The zero-order valence-corrected chi connectivity index (χ0v) is 20.3. The Bertz CT molecular complexity index is 1180. The number of anilines is 1. The first-order valence-electron chi connectivity index (χ1n) is 11.1. The molecular weight excluding hydrogens is 458 g/mol. The highest BCUT2D eigenvalue weighted by Gasteiger charge is 2.28. The lowest BCUT2D eigenvalue weighted by molar-refractivity contribution is 0.0952. The van der Waals surface area contributed by atoms with Crippen molar-refractivity contribution in [2.45, 2.75) is 44.2 Å². The fourth-order valence-electron chi connectivity index (χ4n) is 3.81. The van der Waals surface area contributed by atoms with Crippen LogP contribution in [0, 0.1) is 6.92 Å². The molecule has 0 aliphatic carbocycles. The number of aryl methyl sites for hydroxylation is 2. The maximum Gasteiger partial charge on any atom is 0.251 e. The number of imidazole rings is 1. The molecule has 0 unspecified atom stereocenters. The number of nitrogens with zero attached hydrogens (tertiary/aromatic N) is 3. The number of thiophene rings is 1. The molecule has 0 atom stereocenters. The van der Waals surface area contributed by atoms with Gasteiger partial charge in [-0.05, 0) is 56.5 Å². The molecule has 1 amide bonds. The van der Waals surface area contributed by atoms with Gasteiger partial charge >= 0.3 is 0 Å². The van der Waals surface area contributed by atoms with Gasteiger partial charge in [0.25, 0.3) is 5.91 Å². The maximum atomic E-state index is 13.2. The number of hydrogen-bond donors (Lipinski definition) is 2. The van der Waals surface area contributed by atoms with E-state index < -0.39 is 10.0 Å². The molecule has 3 aromatic rings. The molecule has 1 aliphatic heterocycles. The second kappa shape index (κ2) is 10.5. The van der Waals surface area contributed by atoms with Crippen molar-refractivity contribution in [1.82, 2.24) is 19.2 Å². The second-order valence-electron chi connectivity index (χ2n) is 8.13. The average molecular weight is 488 g/mol. The fraction of sp³-hybridized carbons (Fsp3) is 0.391. The van der Waals surface area contributed by atoms with Crippen molar-refractivity contribution in [1.29, 1.82) is 0 Å². The van der Waals surface area contributed by atoms with Crippen LogP contribution in [-0.4, -0.2) is 47.8 Å². The Morgan fingerprint density at radius 2 is 2.00 bits per heavy atom. The summed E-state index contributed by atoms with van der Waals surface area (Å²) in [5, 5.41) is 6.20. The zero-order chi connectivity index (χ0) is 23.3. The molecule has 4 rings (SSSR count). The largest absolute Gasteiger partial charge is 0.380 e. The van der Waals surface area contributed by atoms with Gasteiger partial charge in [-0.3, -0.25) is 4.79 Å². The Balaban J connectivity index is 1.50. The third-order valence-electron chi connectivity index (χ3n) is 5.57. The lowest BCUT2D eigenvalue weighted by Gasteiger charge is -2.18. The number of nitrogens with one attached hydrogen (secondary N) is 2. The normalized spacial score (nSPS) is 14.5. The fourth-order valence-corrected chi connectivity index (χ4v) is 6.23. The molecule has 1 fully saturated rings. The van der Waals surface area contributed by atoms with E-state index in [1.54, 1.807) is 36.0 Å². The molecule has 8 nitrogen and oxygen atoms in total. The highest BCUT2D eigenvalue weighted by molar-refractivity contribution is 7.89. The molecule has 33 heavy (non-hydrogen) atoms. The van der Waals surface area contributed by atoms with Gasteiger partial charge in [0.05, 0.1) is 11.2 Å². The lowest BCUT2D eigenvalue weighted by Crippen LogP contribution is -2.29. The summed E-state index contributed by atoms with van der Waals surface area (Å²) in [5.74, 6) is -0.283. The molecular formula is C23H29N5O3S2. The molecule has 2 N–H and O–H groups in total. The summed E-state index contributed by atoms with van der Waals surface area (Å²) < 4.78 is 29.8. The van der Waals surface area contributed by atoms with Crippen molar-refractivity contribution >= 4 is 33.0 Å². The molecule has 0 bridgehead atoms. The van der Waals surface area contributed by atoms with Crippen molar-refractivity contribution in [2.24, 2.45) is 0 Å². The van der Waals surface area contributed by atoms with Crippen LogP contribution in [0.25, 0.3) is 0 Å². The first kappa shape index (κ1) is 23.5. The number of hydrogen-bond acceptors (Lipinski definition) is 6. The highest BCUT2D eigenvalue weighted by atomic mass is 32.2. The lowest BCUT2D eigenvalue weighted by atomic mass is 10.2. The number of carbonyl (C=O) groups excluding carboxylic acids is 1. The van der Waals surface area contributed by atoms with E-state index >= 15 is 0 Å². The van der Waals surface area contributed by atoms with Gasteiger partial charge in [-0.15, -0.1) is 11.3 Å². The molecule has 3 heterocycles. The molecule has 1 saturated heterocycles. The van der Waals surface area contributed by atoms with E-state index in [2.05, 4.69) is 21.7 Å². The summed E-state index contributed by atoms with van der Waals surface area (Å²) in [6.07, 6.45) is 7.80. The van der Waals surface area contributed by atoms with Crippen molar-refractivity contribution < 1.29 is 13.2 Å². The third kappa shape index (κ3) is 6.01. The van der Waals surface area contributed by atoms with Gasteiger partial charge in [0.15, 0.2) is 0 Å². The molecule has 0 spiro atoms. The first-order valence-corrected chi connectivity index (χ1v) is 13.4. The molecule has 0 saturated carbocycles. The van der Waals surface area contributed by atoms with Gasteiger partial charge in [-0.1, -0.05) is 0 Å². The second-order valence-corrected chi connectivity index (χ2v) is 11.4. The zero-order valence-electron chi connectivity index (χ0n) is 18.7. The Morgan fingerprint density at radius 1 is 1.18 bits per heavy atom. The van der Waals surface area contributed by atoms with Crippen LogP contribution in [0.5, 0.6) is 0 Å². The van der Waals surface area contributed by atoms with Crippen LogP contribution in [0.3, 0.4) is 0 Å². The van der Waals surface area contributed by atoms with Gasteiger partial charge in [0.2, 0.25) is 10.0 Å². The minimum atomic E-state index is -3.65. The molecule has 1 aromatic carbocycles. The van der Waals surface area contributed by atoms with Crippen LogP contribution >= 0.6 is 11.3 Å². The first-order chi connectivity index (χ1) is 15.9. The minimum absolute atomic E-state index is 0.153. The van der Waals surface area contributed by atoms with Crippen molar-refractivity contribution in [3.63, 3.8) is 0 Å². The predicted molar refractivity (Wildman–Crippen MR) is 130 cm³/mol. The topological polar surface area (TPSA) is 96.3 Å². The highest BCUT2D eigenvalue weighted by Crippen LogP contribution is 2.26. The van der Waals surface area contributed by atoms with E-state index in [1.807, 2.05) is 23.8 Å². The van der Waals surface area contributed by atoms with E-state index in [4.69, 9.17) is 0 Å². The number of sulfonamides is 1. The van der Waals surface area contributed by atoms with Crippen LogP contribution in [0.15, 0.2) is 53.9 Å². The van der Waals surface area contributed by atoms with Gasteiger partial charge in [-0.2, -0.15) is 4.31 Å². The standard InChI is InChI=1S/C23H29N5O3S2/c1-18-5-6-21(32-18)16-26-20-13-19(23(29)25-7-4-9-27-12-8-24-17-27)14-22(15-20)33(30,31)28-10-2-3-11-28/h5-6,8,12-15,17,26H,2-4,7,9-11,16H2,1H3,(H,25,29). The van der Waals surface area contributed by atoms with Crippen molar-refractivity contribution in [3.8, 4) is 0 Å². The van der Waals surface area contributed by atoms with Crippen molar-refractivity contribution in [3.05, 3.63) is 64.4 Å². The predicted octanol–water partition coefficient (Wildman–Crippen LogP) is 3.47. The van der Waals surface area contributed by atoms with Crippen LogP contribution in [0.2, 0.25) is 0 Å².